The number of ether oxygens (including phenoxy) is 1. The van der Waals surface area contributed by atoms with Crippen LogP contribution < -0.4 is 15.4 Å². The lowest BCUT2D eigenvalue weighted by atomic mass is 10.0. The summed E-state index contributed by atoms with van der Waals surface area (Å²) in [5.41, 5.74) is 3.29. The SMILES string of the molecule is CNCC1(CNCc2ccc3c(c2)CCCO3)CC1. The lowest BCUT2D eigenvalue weighted by Crippen LogP contribution is -2.31. The summed E-state index contributed by atoms with van der Waals surface area (Å²) in [6, 6.07) is 6.62. The highest BCUT2D eigenvalue weighted by Crippen LogP contribution is 2.44. The van der Waals surface area contributed by atoms with Crippen LogP contribution in [0, 0.1) is 5.41 Å². The van der Waals surface area contributed by atoms with Crippen molar-refractivity contribution >= 4 is 0 Å². The zero-order chi connectivity index (χ0) is 13.1. The molecule has 0 radical (unpaired) electrons. The molecule has 3 nitrogen and oxygen atoms in total. The van der Waals surface area contributed by atoms with E-state index < -0.39 is 0 Å². The van der Waals surface area contributed by atoms with E-state index >= 15 is 0 Å². The average molecular weight is 260 g/mol. The van der Waals surface area contributed by atoms with Gasteiger partial charge in [0.15, 0.2) is 0 Å². The molecular weight excluding hydrogens is 236 g/mol. The zero-order valence-corrected chi connectivity index (χ0v) is 11.8. The van der Waals surface area contributed by atoms with Crippen molar-refractivity contribution in [2.45, 2.75) is 32.2 Å². The second-order valence-electron chi connectivity index (χ2n) is 6.03. The molecule has 1 fully saturated rings. The fourth-order valence-corrected chi connectivity index (χ4v) is 2.96. The molecular formula is C16H24N2O. The van der Waals surface area contributed by atoms with Gasteiger partial charge in [-0.3, -0.25) is 0 Å². The van der Waals surface area contributed by atoms with Gasteiger partial charge >= 0.3 is 0 Å². The molecule has 0 saturated heterocycles. The zero-order valence-electron chi connectivity index (χ0n) is 11.8. The standard InChI is InChI=1S/C16H24N2O/c1-17-11-16(6-7-16)12-18-10-13-4-5-15-14(9-13)3-2-8-19-15/h4-5,9,17-18H,2-3,6-8,10-12H2,1H3. The highest BCUT2D eigenvalue weighted by atomic mass is 16.5. The van der Waals surface area contributed by atoms with Crippen LogP contribution in [0.3, 0.4) is 0 Å². The minimum Gasteiger partial charge on any atom is -0.493 e. The Hall–Kier alpha value is -1.06. The Bertz CT molecular complexity index is 440. The summed E-state index contributed by atoms with van der Waals surface area (Å²) in [6.45, 7) is 4.11. The molecule has 3 heteroatoms. The van der Waals surface area contributed by atoms with Crippen LogP contribution in [0.25, 0.3) is 0 Å². The first-order valence-electron chi connectivity index (χ1n) is 7.41. The van der Waals surface area contributed by atoms with Crippen molar-refractivity contribution in [3.05, 3.63) is 29.3 Å². The van der Waals surface area contributed by atoms with E-state index in [1.165, 1.54) is 24.0 Å². The molecule has 19 heavy (non-hydrogen) atoms. The normalized spacial score (nSPS) is 19.6. The first-order valence-corrected chi connectivity index (χ1v) is 7.41. The molecule has 0 spiro atoms. The monoisotopic (exact) mass is 260 g/mol. The first-order chi connectivity index (χ1) is 9.31. The Morgan fingerprint density at radius 3 is 2.95 bits per heavy atom. The van der Waals surface area contributed by atoms with Crippen LogP contribution in [0.5, 0.6) is 5.75 Å². The molecule has 3 rings (SSSR count). The van der Waals surface area contributed by atoms with Crippen LogP contribution >= 0.6 is 0 Å². The fraction of sp³-hybridized carbons (Fsp3) is 0.625. The summed E-state index contributed by atoms with van der Waals surface area (Å²) in [4.78, 5) is 0. The van der Waals surface area contributed by atoms with Gasteiger partial charge in [0, 0.05) is 19.6 Å². The number of hydrogen-bond donors (Lipinski definition) is 2. The van der Waals surface area contributed by atoms with Gasteiger partial charge in [-0.25, -0.2) is 0 Å². The summed E-state index contributed by atoms with van der Waals surface area (Å²) < 4.78 is 5.65. The van der Waals surface area contributed by atoms with Crippen LogP contribution in [-0.4, -0.2) is 26.7 Å². The number of hydrogen-bond acceptors (Lipinski definition) is 3. The summed E-state index contributed by atoms with van der Waals surface area (Å²) in [5, 5.41) is 6.92. The van der Waals surface area contributed by atoms with E-state index in [1.54, 1.807) is 0 Å². The van der Waals surface area contributed by atoms with Crippen molar-refractivity contribution in [1.29, 1.82) is 0 Å². The van der Waals surface area contributed by atoms with E-state index in [9.17, 15) is 0 Å². The quantitative estimate of drug-likeness (QED) is 0.822. The van der Waals surface area contributed by atoms with Gasteiger partial charge in [0.25, 0.3) is 0 Å². The van der Waals surface area contributed by atoms with Crippen LogP contribution in [0.4, 0.5) is 0 Å². The molecule has 0 aromatic heterocycles. The lowest BCUT2D eigenvalue weighted by molar-refractivity contribution is 0.288. The van der Waals surface area contributed by atoms with E-state index in [0.29, 0.717) is 5.41 Å². The first kappa shape index (κ1) is 12.9. The van der Waals surface area contributed by atoms with Gasteiger partial charge in [0.2, 0.25) is 0 Å². The molecule has 1 heterocycles. The van der Waals surface area contributed by atoms with Crippen molar-refractivity contribution in [1.82, 2.24) is 10.6 Å². The molecule has 1 aromatic carbocycles. The summed E-state index contributed by atoms with van der Waals surface area (Å²) in [7, 11) is 2.05. The van der Waals surface area contributed by atoms with Gasteiger partial charge in [-0.05, 0) is 55.3 Å². The molecule has 0 atom stereocenters. The van der Waals surface area contributed by atoms with Crippen LogP contribution in [-0.2, 0) is 13.0 Å². The lowest BCUT2D eigenvalue weighted by Gasteiger charge is -2.19. The number of fused-ring (bicyclic) bond motifs is 1. The molecule has 0 bridgehead atoms. The number of aryl methyl sites for hydroxylation is 1. The second kappa shape index (κ2) is 5.51. The molecule has 0 amide bonds. The topological polar surface area (TPSA) is 33.3 Å². The Kier molecular flexibility index (Phi) is 3.76. The summed E-state index contributed by atoms with van der Waals surface area (Å²) >= 11 is 0. The van der Waals surface area contributed by atoms with Crippen molar-refractivity contribution in [2.24, 2.45) is 5.41 Å². The summed E-state index contributed by atoms with van der Waals surface area (Å²) in [6.07, 6.45) is 5.03. The van der Waals surface area contributed by atoms with Crippen LogP contribution in [0.1, 0.15) is 30.4 Å². The molecule has 1 aliphatic heterocycles. The van der Waals surface area contributed by atoms with E-state index in [2.05, 4.69) is 28.8 Å². The maximum absolute atomic E-state index is 5.65. The maximum atomic E-state index is 5.65. The average Bonchev–Trinajstić information content (AvgIpc) is 3.19. The van der Waals surface area contributed by atoms with Gasteiger partial charge < -0.3 is 15.4 Å². The predicted octanol–water partition coefficient (Wildman–Crippen LogP) is 2.10. The second-order valence-corrected chi connectivity index (χ2v) is 6.03. The molecule has 1 aromatic rings. The fourth-order valence-electron chi connectivity index (χ4n) is 2.96. The number of nitrogens with one attached hydrogen (secondary N) is 2. The predicted molar refractivity (Wildman–Crippen MR) is 77.6 cm³/mol. The Labute approximate surface area is 115 Å². The largest absolute Gasteiger partial charge is 0.493 e. The summed E-state index contributed by atoms with van der Waals surface area (Å²) in [5.74, 6) is 1.09. The molecule has 104 valence electrons. The van der Waals surface area contributed by atoms with Gasteiger partial charge in [-0.2, -0.15) is 0 Å². The van der Waals surface area contributed by atoms with Crippen LogP contribution in [0.2, 0.25) is 0 Å². The minimum absolute atomic E-state index is 0.534. The van der Waals surface area contributed by atoms with Gasteiger partial charge in [0.05, 0.1) is 6.61 Å². The van der Waals surface area contributed by atoms with E-state index in [1.807, 2.05) is 7.05 Å². The third-order valence-electron chi connectivity index (χ3n) is 4.31. The van der Waals surface area contributed by atoms with E-state index in [4.69, 9.17) is 4.74 Å². The third kappa shape index (κ3) is 3.10. The molecule has 1 aliphatic carbocycles. The van der Waals surface area contributed by atoms with Gasteiger partial charge in [0.1, 0.15) is 5.75 Å². The Balaban J connectivity index is 1.53. The van der Waals surface area contributed by atoms with Crippen molar-refractivity contribution < 1.29 is 4.74 Å². The van der Waals surface area contributed by atoms with Gasteiger partial charge in [-0.15, -0.1) is 0 Å². The highest BCUT2D eigenvalue weighted by molar-refractivity contribution is 5.38. The molecule has 2 aliphatic rings. The third-order valence-corrected chi connectivity index (χ3v) is 4.31. The Morgan fingerprint density at radius 2 is 2.16 bits per heavy atom. The molecule has 2 N–H and O–H groups in total. The Morgan fingerprint density at radius 1 is 1.26 bits per heavy atom. The molecule has 0 unspecified atom stereocenters. The smallest absolute Gasteiger partial charge is 0.122 e. The van der Waals surface area contributed by atoms with Crippen molar-refractivity contribution in [2.75, 3.05) is 26.7 Å². The number of rotatable bonds is 6. The maximum Gasteiger partial charge on any atom is 0.122 e. The van der Waals surface area contributed by atoms with Gasteiger partial charge in [-0.1, -0.05) is 12.1 Å². The van der Waals surface area contributed by atoms with Crippen LogP contribution in [0.15, 0.2) is 18.2 Å². The van der Waals surface area contributed by atoms with Crippen molar-refractivity contribution in [3.8, 4) is 5.75 Å². The molecule has 1 saturated carbocycles. The van der Waals surface area contributed by atoms with E-state index in [-0.39, 0.29) is 0 Å². The van der Waals surface area contributed by atoms with E-state index in [0.717, 1.165) is 44.8 Å². The number of benzene rings is 1. The van der Waals surface area contributed by atoms with Crippen molar-refractivity contribution in [3.63, 3.8) is 0 Å². The highest BCUT2D eigenvalue weighted by Gasteiger charge is 2.41. The minimum atomic E-state index is 0.534.